The van der Waals surface area contributed by atoms with E-state index in [9.17, 15) is 24.0 Å². The van der Waals surface area contributed by atoms with Gasteiger partial charge in [0.1, 0.15) is 24.2 Å². The van der Waals surface area contributed by atoms with Crippen molar-refractivity contribution in [3.05, 3.63) is 0 Å². The van der Waals surface area contributed by atoms with E-state index < -0.39 is 59.7 Å². The third kappa shape index (κ3) is 10.8. The molecule has 0 aromatic carbocycles. The zero-order valence-corrected chi connectivity index (χ0v) is 19.7. The molecule has 10 N–H and O–H groups in total. The fourth-order valence-electron chi connectivity index (χ4n) is 2.51. The smallest absolute Gasteiger partial charge is 0.243 e. The summed E-state index contributed by atoms with van der Waals surface area (Å²) in [6.07, 6.45) is 1.88. The average molecular weight is 476 g/mol. The van der Waals surface area contributed by atoms with Crippen molar-refractivity contribution in [3.8, 4) is 0 Å². The van der Waals surface area contributed by atoms with Crippen LogP contribution < -0.4 is 38.5 Å². The van der Waals surface area contributed by atoms with Gasteiger partial charge in [-0.3, -0.25) is 24.0 Å². The Hall–Kier alpha value is -2.38. The first kappa shape index (κ1) is 29.6. The molecule has 0 saturated heterocycles. The number of hydrogen-bond acceptors (Lipinski definition) is 8. The Labute approximate surface area is 193 Å². The Balaban J connectivity index is 5.09. The molecular formula is C19H37N7O5S. The van der Waals surface area contributed by atoms with E-state index in [4.69, 9.17) is 17.2 Å². The van der Waals surface area contributed by atoms with Gasteiger partial charge >= 0.3 is 0 Å². The molecule has 184 valence electrons. The van der Waals surface area contributed by atoms with E-state index in [1.807, 2.05) is 0 Å². The van der Waals surface area contributed by atoms with E-state index in [1.165, 1.54) is 13.8 Å². The minimum absolute atomic E-state index is 0.00477. The molecule has 0 aliphatic carbocycles. The summed E-state index contributed by atoms with van der Waals surface area (Å²) in [6, 6.07) is -4.60. The highest BCUT2D eigenvalue weighted by Crippen LogP contribution is 2.03. The third-order valence-corrected chi connectivity index (χ3v) is 5.07. The van der Waals surface area contributed by atoms with Crippen LogP contribution in [0, 0.1) is 0 Å². The van der Waals surface area contributed by atoms with Gasteiger partial charge < -0.3 is 38.5 Å². The lowest BCUT2D eigenvalue weighted by atomic mass is 10.1. The average Bonchev–Trinajstić information content (AvgIpc) is 2.75. The summed E-state index contributed by atoms with van der Waals surface area (Å²) in [5, 5.41) is 9.98. The highest BCUT2D eigenvalue weighted by Gasteiger charge is 2.28. The van der Waals surface area contributed by atoms with Gasteiger partial charge in [0.15, 0.2) is 0 Å². The van der Waals surface area contributed by atoms with Crippen molar-refractivity contribution in [2.45, 2.75) is 76.7 Å². The quantitative estimate of drug-likeness (QED) is 0.0922. The lowest BCUT2D eigenvalue weighted by Crippen LogP contribution is -2.57. The van der Waals surface area contributed by atoms with Crippen LogP contribution >= 0.6 is 12.6 Å². The molecule has 0 unspecified atom stereocenters. The molecule has 0 radical (unpaired) electrons. The third-order valence-electron chi connectivity index (χ3n) is 4.70. The van der Waals surface area contributed by atoms with Gasteiger partial charge in [-0.2, -0.15) is 12.6 Å². The molecule has 0 aliphatic heterocycles. The molecule has 0 rings (SSSR count). The van der Waals surface area contributed by atoms with Crippen molar-refractivity contribution < 1.29 is 24.0 Å². The minimum atomic E-state index is -1.00. The first-order valence-electron chi connectivity index (χ1n) is 10.6. The summed E-state index contributed by atoms with van der Waals surface area (Å²) < 4.78 is 0. The maximum atomic E-state index is 12.7. The Morgan fingerprint density at radius 1 is 0.812 bits per heavy atom. The SMILES string of the molecule is CC[C@H](N)C(=O)N[C@@H](C)C(=O)N[C@@H](CCCCN)C(=O)N[C@@H](C)C(=O)N[C@@H](CS)C(N)=O. The standard InChI is InChI=1S/C19H37N7O5S/c1-4-12(21)18(30)23-10(2)16(28)25-13(7-5-6-8-20)19(31)24-11(3)17(29)26-14(9-32)15(22)27/h10-14,32H,4-9,20-21H2,1-3H3,(H2,22,27)(H,23,30)(H,24,31)(H,25,28)(H,26,29)/t10-,11-,12-,13-,14-/m0/s1. The number of rotatable bonds is 15. The Bertz CT molecular complexity index is 664. The van der Waals surface area contributed by atoms with Crippen molar-refractivity contribution in [2.24, 2.45) is 17.2 Å². The van der Waals surface area contributed by atoms with Gasteiger partial charge in [-0.1, -0.05) is 6.92 Å². The summed E-state index contributed by atoms with van der Waals surface area (Å²) >= 11 is 3.95. The summed E-state index contributed by atoms with van der Waals surface area (Å²) in [6.45, 7) is 5.06. The summed E-state index contributed by atoms with van der Waals surface area (Å²) in [7, 11) is 0. The molecule has 0 heterocycles. The first-order valence-corrected chi connectivity index (χ1v) is 11.2. The van der Waals surface area contributed by atoms with Crippen molar-refractivity contribution in [2.75, 3.05) is 12.3 Å². The van der Waals surface area contributed by atoms with Gasteiger partial charge in [-0.25, -0.2) is 0 Å². The molecule has 0 spiro atoms. The second-order valence-corrected chi connectivity index (χ2v) is 7.83. The van der Waals surface area contributed by atoms with E-state index in [0.29, 0.717) is 25.8 Å². The monoisotopic (exact) mass is 475 g/mol. The molecule has 5 atom stereocenters. The number of thiol groups is 1. The number of carbonyl (C=O) groups excluding carboxylic acids is 5. The summed E-state index contributed by atoms with van der Waals surface area (Å²) in [5.41, 5.74) is 16.3. The van der Waals surface area contributed by atoms with Gasteiger partial charge in [0.05, 0.1) is 6.04 Å². The van der Waals surface area contributed by atoms with E-state index in [2.05, 4.69) is 33.9 Å². The number of nitrogens with two attached hydrogens (primary N) is 3. The summed E-state index contributed by atoms with van der Waals surface area (Å²) in [5.74, 6) is -3.02. The van der Waals surface area contributed by atoms with Crippen LogP contribution in [0.2, 0.25) is 0 Å². The van der Waals surface area contributed by atoms with E-state index >= 15 is 0 Å². The zero-order chi connectivity index (χ0) is 24.8. The Morgan fingerprint density at radius 3 is 1.75 bits per heavy atom. The fourth-order valence-corrected chi connectivity index (χ4v) is 2.78. The van der Waals surface area contributed by atoms with Crippen LogP contribution in [0.25, 0.3) is 0 Å². The molecular weight excluding hydrogens is 438 g/mol. The molecule has 0 bridgehead atoms. The molecule has 5 amide bonds. The van der Waals surface area contributed by atoms with Gasteiger partial charge in [0, 0.05) is 5.75 Å². The predicted octanol–water partition coefficient (Wildman–Crippen LogP) is -2.75. The molecule has 0 aromatic rings. The topological polar surface area (TPSA) is 212 Å². The van der Waals surface area contributed by atoms with Crippen LogP contribution in [-0.2, 0) is 24.0 Å². The number of nitrogens with one attached hydrogen (secondary N) is 4. The van der Waals surface area contributed by atoms with E-state index in [-0.39, 0.29) is 12.2 Å². The van der Waals surface area contributed by atoms with E-state index in [0.717, 1.165) is 0 Å². The first-order chi connectivity index (χ1) is 15.0. The zero-order valence-electron chi connectivity index (χ0n) is 18.8. The van der Waals surface area contributed by atoms with Crippen molar-refractivity contribution in [3.63, 3.8) is 0 Å². The maximum absolute atomic E-state index is 12.7. The van der Waals surface area contributed by atoms with E-state index in [1.54, 1.807) is 6.92 Å². The van der Waals surface area contributed by atoms with Gasteiger partial charge in [-0.15, -0.1) is 0 Å². The predicted molar refractivity (Wildman–Crippen MR) is 123 cm³/mol. The minimum Gasteiger partial charge on any atom is -0.368 e. The van der Waals surface area contributed by atoms with Crippen LogP contribution in [0.3, 0.4) is 0 Å². The van der Waals surface area contributed by atoms with Crippen LogP contribution in [-0.4, -0.2) is 72.0 Å². The molecule has 0 aromatic heterocycles. The highest BCUT2D eigenvalue weighted by molar-refractivity contribution is 7.80. The largest absolute Gasteiger partial charge is 0.368 e. The van der Waals surface area contributed by atoms with Crippen LogP contribution in [0.15, 0.2) is 0 Å². The van der Waals surface area contributed by atoms with Crippen LogP contribution in [0.4, 0.5) is 0 Å². The number of unbranched alkanes of at least 4 members (excludes halogenated alkanes) is 1. The Morgan fingerprint density at radius 2 is 1.31 bits per heavy atom. The Kier molecular flexibility index (Phi) is 14.3. The number of amides is 5. The lowest BCUT2D eigenvalue weighted by molar-refractivity contribution is -0.134. The molecule has 32 heavy (non-hydrogen) atoms. The lowest BCUT2D eigenvalue weighted by Gasteiger charge is -2.24. The number of carbonyl (C=O) groups is 5. The van der Waals surface area contributed by atoms with Crippen molar-refractivity contribution >= 4 is 42.2 Å². The van der Waals surface area contributed by atoms with Crippen molar-refractivity contribution in [1.82, 2.24) is 21.3 Å². The molecule has 0 saturated carbocycles. The second-order valence-electron chi connectivity index (χ2n) is 7.47. The molecule has 0 fully saturated rings. The second kappa shape index (κ2) is 15.4. The van der Waals surface area contributed by atoms with Crippen LogP contribution in [0.1, 0.15) is 46.5 Å². The van der Waals surface area contributed by atoms with Gasteiger partial charge in [-0.05, 0) is 46.1 Å². The number of primary amides is 1. The highest BCUT2D eigenvalue weighted by atomic mass is 32.1. The fraction of sp³-hybridized carbons (Fsp3) is 0.737. The summed E-state index contributed by atoms with van der Waals surface area (Å²) in [4.78, 5) is 60.7. The van der Waals surface area contributed by atoms with Gasteiger partial charge in [0.25, 0.3) is 0 Å². The molecule has 12 nitrogen and oxygen atoms in total. The maximum Gasteiger partial charge on any atom is 0.243 e. The van der Waals surface area contributed by atoms with Gasteiger partial charge in [0.2, 0.25) is 29.5 Å². The molecule has 0 aliphatic rings. The van der Waals surface area contributed by atoms with Crippen molar-refractivity contribution in [1.29, 1.82) is 0 Å². The number of hydrogen-bond donors (Lipinski definition) is 8. The normalized spacial score (nSPS) is 15.4. The molecule has 13 heteroatoms. The van der Waals surface area contributed by atoms with Crippen LogP contribution in [0.5, 0.6) is 0 Å².